The molecule has 1 heterocycles. The summed E-state index contributed by atoms with van der Waals surface area (Å²) in [6, 6.07) is 32.1. The minimum Gasteiger partial charge on any atom is -1.00 e. The molecule has 1 aliphatic heterocycles. The highest BCUT2D eigenvalue weighted by atomic mass is 127. The number of ether oxygens (including phenoxy) is 1. The van der Waals surface area contributed by atoms with E-state index in [0.29, 0.717) is 12.8 Å². The van der Waals surface area contributed by atoms with Crippen molar-refractivity contribution < 1.29 is 38.4 Å². The van der Waals surface area contributed by atoms with Crippen LogP contribution in [0, 0.1) is 0 Å². The molecule has 0 spiro atoms. The van der Waals surface area contributed by atoms with E-state index in [1.54, 1.807) is 0 Å². The van der Waals surface area contributed by atoms with Gasteiger partial charge in [0.05, 0.1) is 19.2 Å². The maximum absolute atomic E-state index is 11.7. The average molecular weight is 540 g/mol. The standard InChI is InChI=1S/C27H28N2O2.HI/c1-28-21-29(20-25(28)18-19-26(30)31-2)27(22-12-6-3-7-13-22,23-14-8-4-9-15-23)24-16-10-5-11-17-24;/h3-17,20H,18-19,21H2,1-2H3;1H. The van der Waals surface area contributed by atoms with Crippen LogP contribution in [-0.2, 0) is 15.1 Å². The van der Waals surface area contributed by atoms with Crippen LogP contribution in [-0.4, -0.2) is 31.7 Å². The molecule has 3 aromatic carbocycles. The zero-order chi connectivity index (χ0) is 21.7. The molecule has 1 unspecified atom stereocenters. The van der Waals surface area contributed by atoms with Gasteiger partial charge in [0.2, 0.25) is 0 Å². The molecule has 4 rings (SSSR count). The zero-order valence-electron chi connectivity index (χ0n) is 18.5. The van der Waals surface area contributed by atoms with Gasteiger partial charge in [0, 0.05) is 30.2 Å². The fourth-order valence-electron chi connectivity index (χ4n) is 4.66. The first kappa shape index (κ1) is 24.0. The second kappa shape index (κ2) is 10.8. The van der Waals surface area contributed by atoms with E-state index in [0.717, 1.165) is 12.4 Å². The lowest BCUT2D eigenvalue weighted by molar-refractivity contribution is -0.899. The van der Waals surface area contributed by atoms with Crippen molar-refractivity contribution in [3.05, 3.63) is 120 Å². The number of quaternary nitrogens is 1. The first-order chi connectivity index (χ1) is 15.2. The first-order valence-electron chi connectivity index (χ1n) is 10.7. The van der Waals surface area contributed by atoms with E-state index in [4.69, 9.17) is 4.74 Å². The first-order valence-corrected chi connectivity index (χ1v) is 10.7. The predicted octanol–water partition coefficient (Wildman–Crippen LogP) is 0.565. The second-order valence-electron chi connectivity index (χ2n) is 7.94. The molecule has 0 saturated heterocycles. The lowest BCUT2D eigenvalue weighted by Crippen LogP contribution is -3.15. The number of hydrogen-bond donors (Lipinski definition) is 1. The van der Waals surface area contributed by atoms with Crippen LogP contribution in [0.2, 0.25) is 0 Å². The largest absolute Gasteiger partial charge is 1.00 e. The molecule has 0 fully saturated rings. The Balaban J connectivity index is 0.00000289. The van der Waals surface area contributed by atoms with Crippen molar-refractivity contribution in [3.8, 4) is 0 Å². The van der Waals surface area contributed by atoms with Gasteiger partial charge in [-0.1, -0.05) is 91.0 Å². The molecule has 1 N–H and O–H groups in total. The van der Waals surface area contributed by atoms with Crippen LogP contribution >= 0.6 is 0 Å². The number of esters is 1. The van der Waals surface area contributed by atoms with Crippen LogP contribution in [0.5, 0.6) is 0 Å². The summed E-state index contributed by atoms with van der Waals surface area (Å²) in [6.45, 7) is 0.801. The van der Waals surface area contributed by atoms with Gasteiger partial charge < -0.3 is 33.6 Å². The molecule has 166 valence electrons. The molecule has 0 bridgehead atoms. The van der Waals surface area contributed by atoms with Crippen molar-refractivity contribution in [3.63, 3.8) is 0 Å². The summed E-state index contributed by atoms with van der Waals surface area (Å²) in [7, 11) is 3.54. The molecule has 32 heavy (non-hydrogen) atoms. The number of nitrogens with zero attached hydrogens (tertiary/aromatic N) is 1. The van der Waals surface area contributed by atoms with Gasteiger partial charge in [-0.25, -0.2) is 0 Å². The normalized spacial score (nSPS) is 15.6. The average Bonchev–Trinajstić information content (AvgIpc) is 3.20. The third kappa shape index (κ3) is 4.59. The summed E-state index contributed by atoms with van der Waals surface area (Å²) in [5, 5.41) is 0. The monoisotopic (exact) mass is 540 g/mol. The van der Waals surface area contributed by atoms with Crippen molar-refractivity contribution in [1.82, 2.24) is 4.90 Å². The molecular weight excluding hydrogens is 511 g/mol. The quantitative estimate of drug-likeness (QED) is 0.271. The molecular formula is C27H29IN2O2. The Morgan fingerprint density at radius 3 is 1.72 bits per heavy atom. The summed E-state index contributed by atoms with van der Waals surface area (Å²) < 4.78 is 4.86. The van der Waals surface area contributed by atoms with Gasteiger partial charge >= 0.3 is 5.97 Å². The van der Waals surface area contributed by atoms with Crippen LogP contribution in [0.1, 0.15) is 29.5 Å². The van der Waals surface area contributed by atoms with Gasteiger partial charge in [-0.2, -0.15) is 0 Å². The Labute approximate surface area is 207 Å². The highest BCUT2D eigenvalue weighted by Crippen LogP contribution is 2.35. The van der Waals surface area contributed by atoms with Crippen molar-refractivity contribution in [1.29, 1.82) is 0 Å². The Kier molecular flexibility index (Phi) is 8.10. The van der Waals surface area contributed by atoms with Gasteiger partial charge in [-0.05, 0) is 0 Å². The molecule has 1 aliphatic rings. The SMILES string of the molecule is COC(=O)CCC1=C[NH+](C(c2ccccc2)(c2ccccc2)c2ccccc2)CN1C.[I-]. The van der Waals surface area contributed by atoms with Crippen LogP contribution in [0.3, 0.4) is 0 Å². The summed E-state index contributed by atoms with van der Waals surface area (Å²) in [6.07, 6.45) is 3.34. The minimum absolute atomic E-state index is 0. The van der Waals surface area contributed by atoms with E-state index in [9.17, 15) is 4.79 Å². The van der Waals surface area contributed by atoms with E-state index in [2.05, 4.69) is 109 Å². The summed E-state index contributed by atoms with van der Waals surface area (Å²) in [5.74, 6) is -0.178. The van der Waals surface area contributed by atoms with Crippen LogP contribution in [0.4, 0.5) is 0 Å². The van der Waals surface area contributed by atoms with Crippen LogP contribution < -0.4 is 28.9 Å². The van der Waals surface area contributed by atoms with Crippen LogP contribution in [0.15, 0.2) is 103 Å². The van der Waals surface area contributed by atoms with Gasteiger partial charge in [0.25, 0.3) is 0 Å². The van der Waals surface area contributed by atoms with Gasteiger partial charge in [-0.3, -0.25) is 9.69 Å². The molecule has 3 aromatic rings. The molecule has 0 aromatic heterocycles. The van der Waals surface area contributed by atoms with E-state index in [1.807, 2.05) is 0 Å². The lowest BCUT2D eigenvalue weighted by Gasteiger charge is -2.39. The third-order valence-corrected chi connectivity index (χ3v) is 6.15. The number of carbonyl (C=O) groups excluding carboxylic acids is 1. The fraction of sp³-hybridized carbons (Fsp3) is 0.222. The maximum atomic E-state index is 11.7. The van der Waals surface area contributed by atoms with E-state index >= 15 is 0 Å². The number of rotatable bonds is 7. The Bertz CT molecular complexity index is 942. The molecule has 0 aliphatic carbocycles. The Morgan fingerprint density at radius 2 is 1.31 bits per heavy atom. The molecule has 0 saturated carbocycles. The summed E-state index contributed by atoms with van der Waals surface area (Å²) >= 11 is 0. The van der Waals surface area contributed by atoms with Crippen molar-refractivity contribution >= 4 is 5.97 Å². The molecule has 4 nitrogen and oxygen atoms in total. The van der Waals surface area contributed by atoms with Crippen molar-refractivity contribution in [2.75, 3.05) is 20.8 Å². The fourth-order valence-corrected chi connectivity index (χ4v) is 4.66. The number of nitrogens with one attached hydrogen (secondary N) is 1. The predicted molar refractivity (Wildman–Crippen MR) is 122 cm³/mol. The number of allylic oxidation sites excluding steroid dienone is 1. The Morgan fingerprint density at radius 1 is 0.875 bits per heavy atom. The zero-order valence-corrected chi connectivity index (χ0v) is 20.7. The Hall–Kier alpha value is -2.64. The van der Waals surface area contributed by atoms with E-state index in [1.165, 1.54) is 28.7 Å². The minimum atomic E-state index is -0.412. The lowest BCUT2D eigenvalue weighted by atomic mass is 9.76. The summed E-state index contributed by atoms with van der Waals surface area (Å²) in [5.41, 5.74) is 4.46. The maximum Gasteiger partial charge on any atom is 0.305 e. The second-order valence-corrected chi connectivity index (χ2v) is 7.94. The molecule has 1 atom stereocenters. The van der Waals surface area contributed by atoms with Crippen molar-refractivity contribution in [2.24, 2.45) is 0 Å². The van der Waals surface area contributed by atoms with Crippen molar-refractivity contribution in [2.45, 2.75) is 18.4 Å². The smallest absolute Gasteiger partial charge is 0.305 e. The van der Waals surface area contributed by atoms with Gasteiger partial charge in [-0.15, -0.1) is 0 Å². The third-order valence-electron chi connectivity index (χ3n) is 6.15. The molecule has 0 radical (unpaired) electrons. The number of halogens is 1. The highest BCUT2D eigenvalue weighted by molar-refractivity contribution is 5.69. The molecule has 0 amide bonds. The highest BCUT2D eigenvalue weighted by Gasteiger charge is 2.48. The number of carbonyl (C=O) groups is 1. The van der Waals surface area contributed by atoms with Crippen LogP contribution in [0.25, 0.3) is 0 Å². The van der Waals surface area contributed by atoms with E-state index in [-0.39, 0.29) is 29.9 Å². The van der Waals surface area contributed by atoms with Gasteiger partial charge in [0.1, 0.15) is 6.20 Å². The topological polar surface area (TPSA) is 34.0 Å². The number of hydrogen-bond acceptors (Lipinski definition) is 3. The van der Waals surface area contributed by atoms with E-state index < -0.39 is 5.54 Å². The summed E-state index contributed by atoms with van der Waals surface area (Å²) in [4.78, 5) is 15.3. The molecule has 5 heteroatoms. The number of benzene rings is 3. The number of methoxy groups -OCH3 is 1. The van der Waals surface area contributed by atoms with Gasteiger partial charge in [0.15, 0.2) is 12.2 Å².